The molecule has 1 heterocycles. The molecular formula is C23H32N4O2S. The second kappa shape index (κ2) is 10.1. The predicted octanol–water partition coefficient (Wildman–Crippen LogP) is 2.97. The van der Waals surface area contributed by atoms with Gasteiger partial charge in [0.15, 0.2) is 5.96 Å². The van der Waals surface area contributed by atoms with Crippen LogP contribution in [0.3, 0.4) is 0 Å². The van der Waals surface area contributed by atoms with Crippen molar-refractivity contribution in [3.63, 3.8) is 0 Å². The summed E-state index contributed by atoms with van der Waals surface area (Å²) in [6, 6.07) is 17.7. The van der Waals surface area contributed by atoms with E-state index in [-0.39, 0.29) is 0 Å². The number of aliphatic imine (C=N–C) groups is 1. The Morgan fingerprint density at radius 2 is 1.83 bits per heavy atom. The minimum atomic E-state index is -3.50. The Bertz CT molecular complexity index is 958. The van der Waals surface area contributed by atoms with Gasteiger partial charge < -0.3 is 10.2 Å². The van der Waals surface area contributed by atoms with Crippen LogP contribution >= 0.6 is 0 Å². The van der Waals surface area contributed by atoms with Gasteiger partial charge in [-0.15, -0.1) is 0 Å². The Balaban J connectivity index is 1.73. The topological polar surface area (TPSA) is 65.0 Å². The molecule has 0 spiro atoms. The van der Waals surface area contributed by atoms with E-state index in [1.54, 1.807) is 26.2 Å². The first-order chi connectivity index (χ1) is 14.4. The van der Waals surface area contributed by atoms with Crippen molar-refractivity contribution >= 4 is 16.0 Å². The van der Waals surface area contributed by atoms with E-state index in [2.05, 4.69) is 47.5 Å². The van der Waals surface area contributed by atoms with Crippen molar-refractivity contribution in [3.05, 3.63) is 65.7 Å². The minimum absolute atomic E-state index is 0.318. The Labute approximate surface area is 180 Å². The van der Waals surface area contributed by atoms with Gasteiger partial charge in [0.05, 0.1) is 11.4 Å². The SMILES string of the molecule is CCNC(=NCc1ccccc1S(=O)(=O)N(C)C)N1CCC(Cc2ccccc2)C1. The average Bonchev–Trinajstić information content (AvgIpc) is 3.20. The zero-order valence-corrected chi connectivity index (χ0v) is 18.9. The van der Waals surface area contributed by atoms with Crippen LogP contribution in [0, 0.1) is 5.92 Å². The van der Waals surface area contributed by atoms with Crippen molar-refractivity contribution in [1.29, 1.82) is 0 Å². The minimum Gasteiger partial charge on any atom is -0.357 e. The van der Waals surface area contributed by atoms with Gasteiger partial charge in [0, 0.05) is 33.7 Å². The van der Waals surface area contributed by atoms with Gasteiger partial charge in [-0.25, -0.2) is 17.7 Å². The van der Waals surface area contributed by atoms with Gasteiger partial charge in [0.25, 0.3) is 0 Å². The number of nitrogens with zero attached hydrogens (tertiary/aromatic N) is 3. The maximum Gasteiger partial charge on any atom is 0.242 e. The highest BCUT2D eigenvalue weighted by Crippen LogP contribution is 2.22. The van der Waals surface area contributed by atoms with Crippen LogP contribution in [-0.2, 0) is 23.0 Å². The van der Waals surface area contributed by atoms with E-state index in [1.165, 1.54) is 9.87 Å². The fourth-order valence-corrected chi connectivity index (χ4v) is 4.92. The molecule has 7 heteroatoms. The van der Waals surface area contributed by atoms with E-state index in [0.717, 1.165) is 38.4 Å². The van der Waals surface area contributed by atoms with Gasteiger partial charge in [-0.3, -0.25) is 0 Å². The van der Waals surface area contributed by atoms with E-state index in [0.29, 0.717) is 22.9 Å². The van der Waals surface area contributed by atoms with Crippen LogP contribution in [0.5, 0.6) is 0 Å². The highest BCUT2D eigenvalue weighted by Gasteiger charge is 2.25. The summed E-state index contributed by atoms with van der Waals surface area (Å²) in [5.74, 6) is 1.45. The number of hydrogen-bond donors (Lipinski definition) is 1. The first-order valence-corrected chi connectivity index (χ1v) is 11.9. The van der Waals surface area contributed by atoms with Crippen LogP contribution in [0.25, 0.3) is 0 Å². The molecule has 1 fully saturated rings. The zero-order chi connectivity index (χ0) is 21.6. The van der Waals surface area contributed by atoms with Crippen LogP contribution in [0.15, 0.2) is 64.5 Å². The van der Waals surface area contributed by atoms with E-state index in [1.807, 2.05) is 12.1 Å². The lowest BCUT2D eigenvalue weighted by molar-refractivity contribution is 0.459. The van der Waals surface area contributed by atoms with Gasteiger partial charge in [0.2, 0.25) is 10.0 Å². The monoisotopic (exact) mass is 428 g/mol. The van der Waals surface area contributed by atoms with Gasteiger partial charge in [-0.05, 0) is 42.9 Å². The molecule has 162 valence electrons. The van der Waals surface area contributed by atoms with Crippen LogP contribution in [0.1, 0.15) is 24.5 Å². The molecule has 1 aliphatic heterocycles. The lowest BCUT2D eigenvalue weighted by Crippen LogP contribution is -2.40. The van der Waals surface area contributed by atoms with Crippen LogP contribution < -0.4 is 5.32 Å². The largest absolute Gasteiger partial charge is 0.357 e. The molecule has 1 atom stereocenters. The number of likely N-dealkylation sites (tertiary alicyclic amines) is 1. The molecule has 2 aromatic rings. The summed E-state index contributed by atoms with van der Waals surface area (Å²) in [6.45, 7) is 5.07. The number of sulfonamides is 1. The molecule has 1 N–H and O–H groups in total. The number of benzene rings is 2. The van der Waals surface area contributed by atoms with Gasteiger partial charge in [-0.1, -0.05) is 48.5 Å². The van der Waals surface area contributed by atoms with Crippen LogP contribution in [-0.4, -0.2) is 57.3 Å². The molecule has 1 aliphatic rings. The Kier molecular flexibility index (Phi) is 7.50. The van der Waals surface area contributed by atoms with Crippen molar-refractivity contribution in [1.82, 2.24) is 14.5 Å². The average molecular weight is 429 g/mol. The number of rotatable bonds is 7. The summed E-state index contributed by atoms with van der Waals surface area (Å²) in [7, 11) is -0.396. The standard InChI is InChI=1S/C23H32N4O2S/c1-4-24-23(27-15-14-20(18-27)16-19-10-6-5-7-11-19)25-17-21-12-8-9-13-22(21)30(28,29)26(2)3/h5-13,20H,4,14-18H2,1-3H3,(H,24,25). The molecule has 0 aliphatic carbocycles. The Morgan fingerprint density at radius 3 is 2.53 bits per heavy atom. The van der Waals surface area contributed by atoms with Crippen molar-refractivity contribution in [2.75, 3.05) is 33.7 Å². The summed E-state index contributed by atoms with van der Waals surface area (Å²) < 4.78 is 26.5. The predicted molar refractivity (Wildman–Crippen MR) is 122 cm³/mol. The summed E-state index contributed by atoms with van der Waals surface area (Å²) in [4.78, 5) is 7.40. The molecular weight excluding hydrogens is 396 g/mol. The normalized spacial score (nSPS) is 17.5. The maximum absolute atomic E-state index is 12.6. The molecule has 0 amide bonds. The third-order valence-corrected chi connectivity index (χ3v) is 7.33. The molecule has 30 heavy (non-hydrogen) atoms. The fraction of sp³-hybridized carbons (Fsp3) is 0.435. The van der Waals surface area contributed by atoms with Crippen LogP contribution in [0.4, 0.5) is 0 Å². The van der Waals surface area contributed by atoms with Gasteiger partial charge >= 0.3 is 0 Å². The number of hydrogen-bond acceptors (Lipinski definition) is 3. The van der Waals surface area contributed by atoms with Gasteiger partial charge in [0.1, 0.15) is 0 Å². The summed E-state index contributed by atoms with van der Waals surface area (Å²) in [5.41, 5.74) is 2.08. The van der Waals surface area contributed by atoms with Crippen molar-refractivity contribution in [2.24, 2.45) is 10.9 Å². The van der Waals surface area contributed by atoms with Crippen molar-refractivity contribution in [2.45, 2.75) is 31.2 Å². The molecule has 2 aromatic carbocycles. The lowest BCUT2D eigenvalue weighted by Gasteiger charge is -2.22. The second-order valence-electron chi connectivity index (χ2n) is 7.86. The van der Waals surface area contributed by atoms with Crippen molar-refractivity contribution in [3.8, 4) is 0 Å². The summed E-state index contributed by atoms with van der Waals surface area (Å²) in [6.07, 6.45) is 2.20. The fourth-order valence-electron chi connectivity index (χ4n) is 3.81. The zero-order valence-electron chi connectivity index (χ0n) is 18.1. The second-order valence-corrected chi connectivity index (χ2v) is 9.98. The first kappa shape index (κ1) is 22.3. The molecule has 1 saturated heterocycles. The molecule has 3 rings (SSSR count). The number of guanidine groups is 1. The quantitative estimate of drug-likeness (QED) is 0.544. The molecule has 1 unspecified atom stereocenters. The summed E-state index contributed by atoms with van der Waals surface area (Å²) >= 11 is 0. The van der Waals surface area contributed by atoms with E-state index in [4.69, 9.17) is 4.99 Å². The maximum atomic E-state index is 12.6. The third-order valence-electron chi connectivity index (χ3n) is 5.42. The molecule has 0 aromatic heterocycles. The Hall–Kier alpha value is -2.38. The molecule has 6 nitrogen and oxygen atoms in total. The molecule has 0 bridgehead atoms. The van der Waals surface area contributed by atoms with Crippen LogP contribution in [0.2, 0.25) is 0 Å². The third kappa shape index (κ3) is 5.40. The smallest absolute Gasteiger partial charge is 0.242 e. The number of nitrogens with one attached hydrogen (secondary N) is 1. The molecule has 0 radical (unpaired) electrons. The Morgan fingerprint density at radius 1 is 1.13 bits per heavy atom. The van der Waals surface area contributed by atoms with Crippen molar-refractivity contribution < 1.29 is 8.42 Å². The van der Waals surface area contributed by atoms with E-state index >= 15 is 0 Å². The lowest BCUT2D eigenvalue weighted by atomic mass is 9.99. The highest BCUT2D eigenvalue weighted by atomic mass is 32.2. The van der Waals surface area contributed by atoms with E-state index < -0.39 is 10.0 Å². The van der Waals surface area contributed by atoms with E-state index in [9.17, 15) is 8.42 Å². The first-order valence-electron chi connectivity index (χ1n) is 10.5. The van der Waals surface area contributed by atoms with Gasteiger partial charge in [-0.2, -0.15) is 0 Å². The summed E-state index contributed by atoms with van der Waals surface area (Å²) in [5, 5.41) is 3.38. The molecule has 0 saturated carbocycles. The highest BCUT2D eigenvalue weighted by molar-refractivity contribution is 7.89.